The summed E-state index contributed by atoms with van der Waals surface area (Å²) >= 11 is 0. The molecule has 0 saturated heterocycles. The highest BCUT2D eigenvalue weighted by atomic mass is 16.7. The Morgan fingerprint density at radius 2 is 0.404 bits per heavy atom. The predicted molar refractivity (Wildman–Crippen MR) is 412 cm³/mol. The molecule has 0 radical (unpaired) electrons. The fourth-order valence-corrected chi connectivity index (χ4v) is 16.7. The molecule has 16 nitrogen and oxygen atoms in total. The lowest BCUT2D eigenvalue weighted by atomic mass is 9.73. The van der Waals surface area contributed by atoms with E-state index < -0.39 is 52.1 Å². The Bertz CT molecular complexity index is 3560. The van der Waals surface area contributed by atoms with Crippen molar-refractivity contribution in [2.24, 2.45) is 0 Å². The van der Waals surface area contributed by atoms with Crippen molar-refractivity contribution in [2.45, 2.75) is 205 Å². The van der Waals surface area contributed by atoms with Crippen LogP contribution >= 0.6 is 0 Å². The Morgan fingerprint density at radius 3 is 0.558 bits per heavy atom. The molecule has 8 aromatic rings. The van der Waals surface area contributed by atoms with Gasteiger partial charge in [-0.15, -0.1) is 0 Å². The van der Waals surface area contributed by atoms with Crippen LogP contribution < -0.4 is 59.7 Å². The quantitative estimate of drug-likeness (QED) is 0.0145. The third-order valence-corrected chi connectivity index (χ3v) is 22.2. The summed E-state index contributed by atoms with van der Waals surface area (Å²) in [6.07, 6.45) is 22.7. The molecule has 5 aliphatic rings. The number of hydrogen-bond donors (Lipinski definition) is 8. The van der Waals surface area contributed by atoms with E-state index in [0.717, 1.165) is 195 Å². The minimum atomic E-state index is -1.72. The second-order valence-electron chi connectivity index (χ2n) is 29.0. The van der Waals surface area contributed by atoms with Crippen LogP contribution in [-0.2, 0) is 0 Å². The number of benzene rings is 8. The number of hydrogen-bond acceptors (Lipinski definition) is 16. The third kappa shape index (κ3) is 15.7. The van der Waals surface area contributed by atoms with Gasteiger partial charge >= 0.3 is 28.5 Å². The summed E-state index contributed by atoms with van der Waals surface area (Å²) in [5, 5.41) is 85.2. The molecule has 544 valence electrons. The summed E-state index contributed by atoms with van der Waals surface area (Å²) < 4.78 is 58.7. The smallest absolute Gasteiger partial charge is 0.456 e. The monoisotopic (exact) mass is 1410 g/mol. The zero-order chi connectivity index (χ0) is 72.4. The average Bonchev–Trinajstić information content (AvgIpc) is 0.716. The molecule has 4 heterocycles. The Kier molecular flexibility index (Phi) is 24.7. The van der Waals surface area contributed by atoms with E-state index in [4.69, 9.17) is 37.9 Å². The van der Waals surface area contributed by atoms with E-state index in [1.54, 1.807) is 48.5 Å². The second-order valence-corrected chi connectivity index (χ2v) is 29.0. The van der Waals surface area contributed by atoms with Gasteiger partial charge in [-0.3, -0.25) is 0 Å². The van der Waals surface area contributed by atoms with Crippen LogP contribution in [0.15, 0.2) is 121 Å². The molecule has 0 atom stereocenters. The van der Waals surface area contributed by atoms with Crippen LogP contribution in [0.25, 0.3) is 44.5 Å². The fraction of sp³-hybridized carbons (Fsp3) is 0.429. The van der Waals surface area contributed by atoms with Gasteiger partial charge in [0.2, 0.25) is 27.2 Å². The van der Waals surface area contributed by atoms with Gasteiger partial charge < -0.3 is 78.1 Å². The van der Waals surface area contributed by atoms with Gasteiger partial charge in [0, 0.05) is 68.2 Å². The van der Waals surface area contributed by atoms with Gasteiger partial charge in [0.05, 0.1) is 22.3 Å². The highest BCUT2D eigenvalue weighted by molar-refractivity contribution is 6.59. The van der Waals surface area contributed by atoms with Gasteiger partial charge in [0.1, 0.15) is 46.0 Å². The molecule has 0 fully saturated rings. The topological polar surface area (TPSA) is 236 Å². The van der Waals surface area contributed by atoms with E-state index in [1.165, 1.54) is 0 Å². The molecule has 0 unspecified atom stereocenters. The van der Waals surface area contributed by atoms with Crippen LogP contribution in [0.5, 0.6) is 46.0 Å². The molecule has 8 N–H and O–H groups in total. The average molecular weight is 1410 g/mol. The summed E-state index contributed by atoms with van der Waals surface area (Å²) in [4.78, 5) is 0. The van der Waals surface area contributed by atoms with E-state index in [9.17, 15) is 40.2 Å². The predicted octanol–water partition coefficient (Wildman–Crippen LogP) is 14.3. The molecule has 8 aromatic carbocycles. The first-order valence-electron chi connectivity index (χ1n) is 38.5. The lowest BCUT2D eigenvalue weighted by Gasteiger charge is -2.38. The second kappa shape index (κ2) is 34.6. The molecule has 0 aromatic heterocycles. The number of unbranched alkanes of at least 4 members (excludes halogenated alkanes) is 16. The highest BCUT2D eigenvalue weighted by Crippen LogP contribution is 2.62. The molecule has 0 saturated carbocycles. The zero-order valence-electron chi connectivity index (χ0n) is 60.8. The van der Waals surface area contributed by atoms with Crippen molar-refractivity contribution in [3.63, 3.8) is 0 Å². The van der Waals surface area contributed by atoms with Crippen LogP contribution in [0.2, 0.25) is 0 Å². The molecule has 0 spiro atoms. The standard InChI is InChI=1S/C84H100B4O16/c1-5-9-13-17-21-25-61-65-45-67-62(26-22-18-14-10-6-2)69-47-71-64(28-24-20-16-12-8-4)72-48-70-63(27-23-19-15-11-7-3)68-46-66(61)78-74(54-31-39-58(40-32-54)86(91)92)80(68)100-51-102-82(70)76(56-35-43-60(44-36-56)88(95)96)84(72)104-52-103-83(71)75(55-33-41-59(42-34-55)87(93)94)81(69)101-50-99-79(67)73(77(65)97-49-98-78)53-29-37-57(38-30-53)85(89)90/h29-48,61-64,89-96H,5-28,49-52H2,1-4H3. The van der Waals surface area contributed by atoms with E-state index >= 15 is 0 Å². The number of ether oxygens (including phenoxy) is 8. The Hall–Kier alpha value is -7.90. The van der Waals surface area contributed by atoms with Crippen LogP contribution in [0.3, 0.4) is 0 Å². The largest absolute Gasteiger partial charge is 0.488 e. The van der Waals surface area contributed by atoms with E-state index in [0.29, 0.717) is 116 Å². The van der Waals surface area contributed by atoms with E-state index in [-0.39, 0.29) is 27.2 Å². The van der Waals surface area contributed by atoms with Crippen LogP contribution in [0, 0.1) is 0 Å². The van der Waals surface area contributed by atoms with Crippen LogP contribution in [0.4, 0.5) is 0 Å². The van der Waals surface area contributed by atoms with E-state index in [2.05, 4.69) is 52.0 Å². The van der Waals surface area contributed by atoms with Crippen molar-refractivity contribution >= 4 is 50.3 Å². The molecule has 13 rings (SSSR count). The first-order chi connectivity index (χ1) is 50.8. The maximum Gasteiger partial charge on any atom is 0.488 e. The lowest BCUT2D eigenvalue weighted by molar-refractivity contribution is 0.101. The Morgan fingerprint density at radius 1 is 0.240 bits per heavy atom. The Balaban J connectivity index is 1.24. The first-order valence-corrected chi connectivity index (χ1v) is 38.5. The Labute approximate surface area is 614 Å². The number of rotatable bonds is 32. The molecule has 20 heteroatoms. The van der Waals surface area contributed by atoms with Crippen LogP contribution in [-0.4, -0.2) is 95.8 Å². The lowest BCUT2D eigenvalue weighted by Crippen LogP contribution is -2.29. The van der Waals surface area contributed by atoms with Gasteiger partial charge in [-0.05, 0) is 94.1 Å². The van der Waals surface area contributed by atoms with Crippen molar-refractivity contribution in [2.75, 3.05) is 27.2 Å². The normalized spacial score (nSPS) is 16.5. The van der Waals surface area contributed by atoms with Gasteiger partial charge in [-0.2, -0.15) is 0 Å². The zero-order valence-corrected chi connectivity index (χ0v) is 60.8. The maximum atomic E-state index is 10.7. The van der Waals surface area contributed by atoms with Crippen molar-refractivity contribution in [1.82, 2.24) is 0 Å². The van der Waals surface area contributed by atoms with E-state index in [1.807, 2.05) is 48.5 Å². The molecule has 1 aliphatic carbocycles. The minimum absolute atomic E-state index is 0.259. The van der Waals surface area contributed by atoms with Gasteiger partial charge in [0.15, 0.2) is 0 Å². The van der Waals surface area contributed by atoms with Crippen molar-refractivity contribution in [3.05, 3.63) is 166 Å². The van der Waals surface area contributed by atoms with Gasteiger partial charge in [-0.1, -0.05) is 253 Å². The summed E-state index contributed by atoms with van der Waals surface area (Å²) in [5.41, 5.74) is 14.3. The minimum Gasteiger partial charge on any atom is -0.456 e. The van der Waals surface area contributed by atoms with Crippen molar-refractivity contribution in [3.8, 4) is 90.5 Å². The fourth-order valence-electron chi connectivity index (χ4n) is 16.7. The van der Waals surface area contributed by atoms with Crippen molar-refractivity contribution < 1.29 is 78.1 Å². The van der Waals surface area contributed by atoms with Crippen LogP contribution in [0.1, 0.15) is 250 Å². The summed E-state index contributed by atoms with van der Waals surface area (Å²) in [6, 6.07) is 38.6. The summed E-state index contributed by atoms with van der Waals surface area (Å²) in [7, 11) is -6.88. The van der Waals surface area contributed by atoms with Gasteiger partial charge in [-0.25, -0.2) is 0 Å². The molecule has 4 aliphatic heterocycles. The van der Waals surface area contributed by atoms with Crippen molar-refractivity contribution in [1.29, 1.82) is 0 Å². The molecule has 104 heavy (non-hydrogen) atoms. The first kappa shape index (κ1) is 74.4. The molecular weight excluding hydrogens is 1310 g/mol. The highest BCUT2D eigenvalue weighted by Gasteiger charge is 2.43. The molecule has 8 bridgehead atoms. The molecular formula is C84H100B4O16. The molecule has 0 amide bonds. The van der Waals surface area contributed by atoms with Gasteiger partial charge in [0.25, 0.3) is 0 Å². The summed E-state index contributed by atoms with van der Waals surface area (Å²) in [5.74, 6) is 2.81. The summed E-state index contributed by atoms with van der Waals surface area (Å²) in [6.45, 7) is 7.89. The maximum absolute atomic E-state index is 10.7. The SMILES string of the molecule is CCCCCCCC1c2cc3c4c(-c5ccc(B(O)O)cc5)c2OCOc2c1cc1c(c2-c2ccc(B(O)O)cc2)OCOc2c(cc5c(c2-c2ccc(B(O)O)cc2)OCOc2c(cc(c(c2-c2ccc(B(O)O)cc2)OCO4)C3CCCCCCC)C5CCCCCCC)C1CCCCCCC. The third-order valence-electron chi connectivity index (χ3n) is 22.2.